The summed E-state index contributed by atoms with van der Waals surface area (Å²) in [6.45, 7) is 2.72. The summed E-state index contributed by atoms with van der Waals surface area (Å²) in [7, 11) is -3.49. The van der Waals surface area contributed by atoms with Gasteiger partial charge in [-0.3, -0.25) is 0 Å². The molecular formula is C14H16N2O2S2. The topological polar surface area (TPSA) is 58.2 Å². The Hall–Kier alpha value is -1.37. The van der Waals surface area contributed by atoms with Crippen LogP contribution in [-0.2, 0) is 16.4 Å². The second-order valence-corrected chi connectivity index (χ2v) is 7.39. The molecule has 1 aliphatic rings. The van der Waals surface area contributed by atoms with E-state index >= 15 is 0 Å². The van der Waals surface area contributed by atoms with Gasteiger partial charge in [-0.15, -0.1) is 0 Å². The molecule has 2 aromatic rings. The van der Waals surface area contributed by atoms with Crippen molar-refractivity contribution in [3.63, 3.8) is 0 Å². The lowest BCUT2D eigenvalue weighted by atomic mass is 10.2. The largest absolute Gasteiger partial charge is 0.384 e. The second-order valence-electron chi connectivity index (χ2n) is 4.90. The summed E-state index contributed by atoms with van der Waals surface area (Å²) in [5, 5.41) is 7.10. The Bertz CT molecular complexity index is 709. The number of anilines is 1. The lowest BCUT2D eigenvalue weighted by molar-refractivity contribution is 0.567. The quantitative estimate of drug-likeness (QED) is 0.913. The number of sulfonamides is 1. The molecule has 4 nitrogen and oxygen atoms in total. The highest BCUT2D eigenvalue weighted by atomic mass is 32.2. The van der Waals surface area contributed by atoms with Crippen LogP contribution in [0.25, 0.3) is 0 Å². The van der Waals surface area contributed by atoms with E-state index in [9.17, 15) is 8.42 Å². The monoisotopic (exact) mass is 308 g/mol. The van der Waals surface area contributed by atoms with Crippen molar-refractivity contribution >= 4 is 27.0 Å². The Morgan fingerprint density at radius 3 is 2.95 bits per heavy atom. The first-order chi connectivity index (χ1) is 9.56. The fourth-order valence-corrected chi connectivity index (χ4v) is 4.34. The van der Waals surface area contributed by atoms with Gasteiger partial charge in [0.2, 0.25) is 10.0 Å². The molecule has 20 heavy (non-hydrogen) atoms. The van der Waals surface area contributed by atoms with Gasteiger partial charge in [0, 0.05) is 18.3 Å². The first-order valence-corrected chi connectivity index (χ1v) is 8.90. The average Bonchev–Trinajstić information content (AvgIpc) is 3.08. The standard InChI is InChI=1S/C14H16N2O2S2/c1-10(12-5-7-19-9-12)16-20(17,18)13-3-2-11-4-6-15-14(11)8-13/h2-3,5,7-10,15-16H,4,6H2,1H3. The van der Waals surface area contributed by atoms with Crippen molar-refractivity contribution in [3.8, 4) is 0 Å². The smallest absolute Gasteiger partial charge is 0.241 e. The molecule has 6 heteroatoms. The number of fused-ring (bicyclic) bond motifs is 1. The number of rotatable bonds is 4. The third kappa shape index (κ3) is 2.59. The molecule has 2 N–H and O–H groups in total. The summed E-state index contributed by atoms with van der Waals surface area (Å²) in [6, 6.07) is 6.98. The summed E-state index contributed by atoms with van der Waals surface area (Å²) >= 11 is 1.56. The molecule has 0 radical (unpaired) electrons. The summed E-state index contributed by atoms with van der Waals surface area (Å²) in [5.41, 5.74) is 3.09. The molecule has 1 atom stereocenters. The molecule has 106 valence electrons. The number of benzene rings is 1. The van der Waals surface area contributed by atoms with Gasteiger partial charge in [0.25, 0.3) is 0 Å². The molecule has 0 aliphatic carbocycles. The zero-order chi connectivity index (χ0) is 14.2. The number of hydrogen-bond acceptors (Lipinski definition) is 4. The van der Waals surface area contributed by atoms with Crippen molar-refractivity contribution in [3.05, 3.63) is 46.2 Å². The van der Waals surface area contributed by atoms with Crippen LogP contribution in [0.2, 0.25) is 0 Å². The van der Waals surface area contributed by atoms with Gasteiger partial charge in [-0.25, -0.2) is 13.1 Å². The Kier molecular flexibility index (Phi) is 3.54. The minimum Gasteiger partial charge on any atom is -0.384 e. The number of thiophene rings is 1. The Balaban J connectivity index is 1.85. The third-order valence-corrected chi connectivity index (χ3v) is 5.72. The predicted molar refractivity (Wildman–Crippen MR) is 81.7 cm³/mol. The van der Waals surface area contributed by atoms with Crippen LogP contribution in [0, 0.1) is 0 Å². The van der Waals surface area contributed by atoms with Gasteiger partial charge in [0.1, 0.15) is 0 Å². The summed E-state index contributed by atoms with van der Waals surface area (Å²) in [4.78, 5) is 0.313. The average molecular weight is 308 g/mol. The van der Waals surface area contributed by atoms with E-state index in [0.29, 0.717) is 4.90 Å². The van der Waals surface area contributed by atoms with Crippen LogP contribution in [0.15, 0.2) is 39.9 Å². The van der Waals surface area contributed by atoms with Crippen molar-refractivity contribution in [2.75, 3.05) is 11.9 Å². The van der Waals surface area contributed by atoms with Crippen molar-refractivity contribution in [2.24, 2.45) is 0 Å². The lowest BCUT2D eigenvalue weighted by Gasteiger charge is -2.14. The van der Waals surface area contributed by atoms with Gasteiger partial charge in [0.05, 0.1) is 4.90 Å². The maximum absolute atomic E-state index is 12.4. The normalized spacial score (nSPS) is 15.7. The molecule has 2 heterocycles. The maximum atomic E-state index is 12.4. The van der Waals surface area contributed by atoms with Gasteiger partial charge < -0.3 is 5.32 Å². The van der Waals surface area contributed by atoms with E-state index in [0.717, 1.165) is 24.2 Å². The molecule has 0 bridgehead atoms. The van der Waals surface area contributed by atoms with Crippen LogP contribution in [0.1, 0.15) is 24.1 Å². The van der Waals surface area contributed by atoms with Crippen molar-refractivity contribution in [1.82, 2.24) is 4.72 Å². The van der Waals surface area contributed by atoms with Crippen LogP contribution < -0.4 is 10.0 Å². The van der Waals surface area contributed by atoms with Crippen LogP contribution in [0.3, 0.4) is 0 Å². The Morgan fingerprint density at radius 1 is 1.35 bits per heavy atom. The Morgan fingerprint density at radius 2 is 2.20 bits per heavy atom. The molecule has 0 fully saturated rings. The van der Waals surface area contributed by atoms with E-state index in [1.165, 1.54) is 5.56 Å². The van der Waals surface area contributed by atoms with E-state index < -0.39 is 10.0 Å². The van der Waals surface area contributed by atoms with E-state index in [1.807, 2.05) is 29.8 Å². The molecule has 1 aromatic heterocycles. The van der Waals surface area contributed by atoms with E-state index in [2.05, 4.69) is 10.0 Å². The molecule has 3 rings (SSSR count). The first kappa shape index (κ1) is 13.6. The van der Waals surface area contributed by atoms with Gasteiger partial charge >= 0.3 is 0 Å². The highest BCUT2D eigenvalue weighted by molar-refractivity contribution is 7.89. The maximum Gasteiger partial charge on any atom is 0.241 e. The fraction of sp³-hybridized carbons (Fsp3) is 0.286. The highest BCUT2D eigenvalue weighted by Gasteiger charge is 2.21. The zero-order valence-electron chi connectivity index (χ0n) is 11.1. The van der Waals surface area contributed by atoms with E-state index in [1.54, 1.807) is 23.5 Å². The minimum atomic E-state index is -3.49. The van der Waals surface area contributed by atoms with E-state index in [4.69, 9.17) is 0 Å². The number of hydrogen-bond donors (Lipinski definition) is 2. The van der Waals surface area contributed by atoms with Crippen LogP contribution in [-0.4, -0.2) is 15.0 Å². The lowest BCUT2D eigenvalue weighted by Crippen LogP contribution is -2.26. The molecule has 0 saturated heterocycles. The predicted octanol–water partition coefficient (Wildman–Crippen LogP) is 2.76. The third-order valence-electron chi connectivity index (χ3n) is 3.48. The van der Waals surface area contributed by atoms with Crippen molar-refractivity contribution < 1.29 is 8.42 Å². The summed E-state index contributed by atoms with van der Waals surface area (Å²) in [6.07, 6.45) is 0.953. The van der Waals surface area contributed by atoms with Crippen LogP contribution in [0.5, 0.6) is 0 Å². The molecule has 0 saturated carbocycles. The van der Waals surface area contributed by atoms with Crippen molar-refractivity contribution in [2.45, 2.75) is 24.3 Å². The van der Waals surface area contributed by atoms with Crippen molar-refractivity contribution in [1.29, 1.82) is 0 Å². The molecule has 1 aromatic carbocycles. The molecule has 0 amide bonds. The molecule has 0 spiro atoms. The first-order valence-electron chi connectivity index (χ1n) is 6.47. The molecule has 1 aliphatic heterocycles. The van der Waals surface area contributed by atoms with Crippen LogP contribution in [0.4, 0.5) is 5.69 Å². The van der Waals surface area contributed by atoms with Crippen LogP contribution >= 0.6 is 11.3 Å². The van der Waals surface area contributed by atoms with Gasteiger partial charge in [-0.2, -0.15) is 11.3 Å². The second kappa shape index (κ2) is 5.20. The molecular weight excluding hydrogens is 292 g/mol. The summed E-state index contributed by atoms with van der Waals surface area (Å²) in [5.74, 6) is 0. The summed E-state index contributed by atoms with van der Waals surface area (Å²) < 4.78 is 27.5. The molecule has 1 unspecified atom stereocenters. The van der Waals surface area contributed by atoms with Gasteiger partial charge in [0.15, 0.2) is 0 Å². The fourth-order valence-electron chi connectivity index (χ4n) is 2.33. The SMILES string of the molecule is CC(NS(=O)(=O)c1ccc2c(c1)NCC2)c1ccsc1. The number of nitrogens with one attached hydrogen (secondary N) is 2. The van der Waals surface area contributed by atoms with Gasteiger partial charge in [-0.05, 0) is 53.4 Å². The highest BCUT2D eigenvalue weighted by Crippen LogP contribution is 2.26. The minimum absolute atomic E-state index is 0.229. The Labute approximate surface area is 122 Å². The van der Waals surface area contributed by atoms with E-state index in [-0.39, 0.29) is 6.04 Å². The zero-order valence-corrected chi connectivity index (χ0v) is 12.7. The van der Waals surface area contributed by atoms with Gasteiger partial charge in [-0.1, -0.05) is 6.07 Å².